The zero-order chi connectivity index (χ0) is 17.2. The van der Waals surface area contributed by atoms with Gasteiger partial charge in [-0.25, -0.2) is 4.98 Å². The van der Waals surface area contributed by atoms with Crippen LogP contribution in [0.15, 0.2) is 36.7 Å². The van der Waals surface area contributed by atoms with Crippen LogP contribution in [-0.4, -0.2) is 35.1 Å². The van der Waals surface area contributed by atoms with E-state index >= 15 is 0 Å². The number of fused-ring (bicyclic) bond motifs is 1. The Balaban J connectivity index is 1.52. The van der Waals surface area contributed by atoms with Crippen molar-refractivity contribution in [1.82, 2.24) is 9.97 Å². The van der Waals surface area contributed by atoms with Crippen LogP contribution in [0.4, 0.5) is 5.13 Å². The van der Waals surface area contributed by atoms with Gasteiger partial charge in [0, 0.05) is 12.3 Å². The van der Waals surface area contributed by atoms with Crippen molar-refractivity contribution >= 4 is 40.0 Å². The first-order valence-corrected chi connectivity index (χ1v) is 9.22. The highest BCUT2D eigenvalue weighted by atomic mass is 32.1. The Morgan fingerprint density at radius 2 is 2.04 bits per heavy atom. The van der Waals surface area contributed by atoms with Gasteiger partial charge in [0.2, 0.25) is 0 Å². The number of ether oxygens (including phenoxy) is 1. The number of aromatic nitrogens is 2. The first-order valence-electron chi connectivity index (χ1n) is 8.41. The van der Waals surface area contributed by atoms with Crippen molar-refractivity contribution in [2.24, 2.45) is 0 Å². The van der Waals surface area contributed by atoms with Crippen LogP contribution < -0.4 is 15.5 Å². The van der Waals surface area contributed by atoms with Gasteiger partial charge < -0.3 is 15.2 Å². The molecule has 0 spiro atoms. The van der Waals surface area contributed by atoms with Gasteiger partial charge in [-0.15, -0.1) is 0 Å². The molecule has 3 aromatic rings. The van der Waals surface area contributed by atoms with Crippen LogP contribution in [0.5, 0.6) is 11.5 Å². The summed E-state index contributed by atoms with van der Waals surface area (Å²) in [6, 6.07) is 7.59. The minimum atomic E-state index is -0.296. The number of hydrogen-bond acceptors (Lipinski definition) is 6. The number of pyridine rings is 1. The lowest BCUT2D eigenvalue weighted by atomic mass is 9.93. The van der Waals surface area contributed by atoms with Crippen molar-refractivity contribution in [3.8, 4) is 11.5 Å². The van der Waals surface area contributed by atoms with Crippen LogP contribution in [0.2, 0.25) is 0 Å². The molecule has 1 aliphatic carbocycles. The minimum absolute atomic E-state index is 0.0865. The first kappa shape index (κ1) is 16.4. The van der Waals surface area contributed by atoms with Gasteiger partial charge >= 0.3 is 0 Å². The molecule has 2 heterocycles. The molecule has 1 aromatic carbocycles. The third-order valence-corrected chi connectivity index (χ3v) is 5.32. The van der Waals surface area contributed by atoms with Crippen molar-refractivity contribution in [3.05, 3.63) is 36.7 Å². The quantitative estimate of drug-likeness (QED) is 0.708. The summed E-state index contributed by atoms with van der Waals surface area (Å²) in [5, 5.41) is 14.3. The SMILES string of the molecule is [B]c1cncc(Oc2ccc3nc(N[C@@H]4CCCC[C@H]4O)sc3c2)c1. The van der Waals surface area contributed by atoms with Crippen molar-refractivity contribution in [3.63, 3.8) is 0 Å². The molecule has 25 heavy (non-hydrogen) atoms. The fourth-order valence-corrected chi connectivity index (χ4v) is 4.05. The molecule has 7 heteroatoms. The second-order valence-electron chi connectivity index (χ2n) is 6.31. The molecule has 1 aliphatic rings. The van der Waals surface area contributed by atoms with Gasteiger partial charge in [0.05, 0.1) is 28.6 Å². The van der Waals surface area contributed by atoms with Gasteiger partial charge in [-0.2, -0.15) is 0 Å². The number of rotatable bonds is 4. The van der Waals surface area contributed by atoms with Crippen LogP contribution in [0, 0.1) is 0 Å². The number of hydrogen-bond donors (Lipinski definition) is 2. The van der Waals surface area contributed by atoms with Gasteiger partial charge in [-0.1, -0.05) is 29.6 Å². The molecule has 0 amide bonds. The van der Waals surface area contributed by atoms with E-state index in [2.05, 4.69) is 15.3 Å². The van der Waals surface area contributed by atoms with Crippen LogP contribution >= 0.6 is 11.3 Å². The molecular weight excluding hydrogens is 333 g/mol. The highest BCUT2D eigenvalue weighted by Crippen LogP contribution is 2.32. The summed E-state index contributed by atoms with van der Waals surface area (Å²) >= 11 is 1.57. The predicted molar refractivity (Wildman–Crippen MR) is 101 cm³/mol. The maximum absolute atomic E-state index is 10.1. The second-order valence-corrected chi connectivity index (χ2v) is 7.34. The topological polar surface area (TPSA) is 67.3 Å². The Hall–Kier alpha value is -2.12. The van der Waals surface area contributed by atoms with Crippen molar-refractivity contribution in [1.29, 1.82) is 0 Å². The molecule has 0 bridgehead atoms. The summed E-state index contributed by atoms with van der Waals surface area (Å²) in [5.74, 6) is 1.32. The van der Waals surface area contributed by atoms with E-state index < -0.39 is 0 Å². The van der Waals surface area contributed by atoms with E-state index in [1.165, 1.54) is 0 Å². The van der Waals surface area contributed by atoms with E-state index in [0.717, 1.165) is 41.0 Å². The van der Waals surface area contributed by atoms with Gasteiger partial charge in [0.25, 0.3) is 0 Å². The van der Waals surface area contributed by atoms with Crippen molar-refractivity contribution in [2.45, 2.75) is 37.8 Å². The molecule has 0 unspecified atom stereocenters. The molecule has 2 radical (unpaired) electrons. The van der Waals surface area contributed by atoms with Crippen LogP contribution in [-0.2, 0) is 0 Å². The van der Waals surface area contributed by atoms with E-state index in [4.69, 9.17) is 12.6 Å². The van der Waals surface area contributed by atoms with Crippen LogP contribution in [0.1, 0.15) is 25.7 Å². The fourth-order valence-electron chi connectivity index (χ4n) is 3.10. The van der Waals surface area contributed by atoms with Gasteiger partial charge in [0.1, 0.15) is 19.3 Å². The molecule has 1 fully saturated rings. The number of aliphatic hydroxyl groups excluding tert-OH is 1. The van der Waals surface area contributed by atoms with Crippen molar-refractivity contribution in [2.75, 3.05) is 5.32 Å². The molecule has 2 aromatic heterocycles. The standard InChI is InChI=1S/C18H18BN3O2S/c19-11-7-13(10-20-9-11)24-12-5-6-15-17(8-12)25-18(22-15)21-14-3-1-2-4-16(14)23/h5-10,14,16,23H,1-4H2,(H,21,22)/t14-,16-/m1/s1. The van der Waals surface area contributed by atoms with Gasteiger partial charge in [-0.3, -0.25) is 4.98 Å². The molecule has 4 rings (SSSR count). The van der Waals surface area contributed by atoms with Crippen LogP contribution in [0.25, 0.3) is 10.2 Å². The largest absolute Gasteiger partial charge is 0.456 e. The van der Waals surface area contributed by atoms with Crippen LogP contribution in [0.3, 0.4) is 0 Å². The lowest BCUT2D eigenvalue weighted by molar-refractivity contribution is 0.116. The van der Waals surface area contributed by atoms with Gasteiger partial charge in [0.15, 0.2) is 5.13 Å². The van der Waals surface area contributed by atoms with E-state index in [9.17, 15) is 5.11 Å². The molecule has 126 valence electrons. The van der Waals surface area contributed by atoms with E-state index in [1.54, 1.807) is 29.8 Å². The molecule has 0 saturated heterocycles. The summed E-state index contributed by atoms with van der Waals surface area (Å²) in [6.07, 6.45) is 6.99. The zero-order valence-corrected chi connectivity index (χ0v) is 14.5. The Morgan fingerprint density at radius 3 is 2.88 bits per heavy atom. The summed E-state index contributed by atoms with van der Waals surface area (Å²) < 4.78 is 6.85. The minimum Gasteiger partial charge on any atom is -0.456 e. The molecule has 0 aliphatic heterocycles. The van der Waals surface area contributed by atoms with Gasteiger partial charge in [-0.05, 0) is 31.0 Å². The number of benzene rings is 1. The average molecular weight is 351 g/mol. The zero-order valence-electron chi connectivity index (χ0n) is 13.7. The number of thiazole rings is 1. The average Bonchev–Trinajstić information content (AvgIpc) is 2.99. The molecule has 1 saturated carbocycles. The Morgan fingerprint density at radius 1 is 1.16 bits per heavy atom. The fraction of sp³-hybridized carbons (Fsp3) is 0.333. The highest BCUT2D eigenvalue weighted by Gasteiger charge is 2.23. The lowest BCUT2D eigenvalue weighted by Gasteiger charge is -2.27. The third kappa shape index (κ3) is 3.77. The van der Waals surface area contributed by atoms with E-state index in [1.807, 2.05) is 18.2 Å². The number of nitrogens with zero attached hydrogens (tertiary/aromatic N) is 2. The predicted octanol–water partition coefficient (Wildman–Crippen LogP) is 2.99. The lowest BCUT2D eigenvalue weighted by Crippen LogP contribution is -2.36. The van der Waals surface area contributed by atoms with E-state index in [0.29, 0.717) is 17.0 Å². The van der Waals surface area contributed by atoms with E-state index in [-0.39, 0.29) is 12.1 Å². The molecule has 5 nitrogen and oxygen atoms in total. The number of nitrogens with one attached hydrogen (secondary N) is 1. The summed E-state index contributed by atoms with van der Waals surface area (Å²) in [6.45, 7) is 0. The third-order valence-electron chi connectivity index (χ3n) is 4.37. The Kier molecular flexibility index (Phi) is 4.59. The highest BCUT2D eigenvalue weighted by molar-refractivity contribution is 7.22. The first-order chi connectivity index (χ1) is 12.2. The second kappa shape index (κ2) is 7.02. The number of aliphatic hydroxyl groups is 1. The molecular formula is C18H18BN3O2S. The molecule has 2 atom stereocenters. The summed E-state index contributed by atoms with van der Waals surface area (Å²) in [7, 11) is 5.73. The Labute approximate surface area is 151 Å². The normalized spacial score (nSPS) is 20.5. The smallest absolute Gasteiger partial charge is 0.184 e. The summed E-state index contributed by atoms with van der Waals surface area (Å²) in [4.78, 5) is 8.64. The Bertz CT molecular complexity index is 886. The monoisotopic (exact) mass is 351 g/mol. The maximum Gasteiger partial charge on any atom is 0.184 e. The van der Waals surface area contributed by atoms with Crippen molar-refractivity contribution < 1.29 is 9.84 Å². The summed E-state index contributed by atoms with van der Waals surface area (Å²) in [5.41, 5.74) is 1.48. The number of anilines is 1. The molecule has 2 N–H and O–H groups in total. The maximum atomic E-state index is 10.1.